The monoisotopic (exact) mass is 478 g/mol. The van der Waals surface area contributed by atoms with E-state index in [1.165, 1.54) is 7.11 Å². The third-order valence-electron chi connectivity index (χ3n) is 7.15. The average molecular weight is 479 g/mol. The molecular formula is C24H34O6SSi. The number of hydrogen-bond donors (Lipinski definition) is 0. The first-order valence-corrected chi connectivity index (χ1v) is 14.6. The Labute approximate surface area is 196 Å². The summed E-state index contributed by atoms with van der Waals surface area (Å²) >= 11 is 1.56. The van der Waals surface area contributed by atoms with Crippen LogP contribution in [0.3, 0.4) is 0 Å². The van der Waals surface area contributed by atoms with Crippen molar-refractivity contribution in [1.82, 2.24) is 0 Å². The summed E-state index contributed by atoms with van der Waals surface area (Å²) in [7, 11) is 0.775. The van der Waals surface area contributed by atoms with Crippen LogP contribution < -0.4 is 4.74 Å². The van der Waals surface area contributed by atoms with E-state index in [0.717, 1.165) is 10.6 Å². The summed E-state index contributed by atoms with van der Waals surface area (Å²) in [6, 6.07) is 7.71. The van der Waals surface area contributed by atoms with Gasteiger partial charge in [0.2, 0.25) is 8.32 Å². The zero-order chi connectivity index (χ0) is 23.9. The molecule has 1 aromatic rings. The van der Waals surface area contributed by atoms with Gasteiger partial charge in [0.1, 0.15) is 11.2 Å². The number of fused-ring (bicyclic) bond motifs is 1. The fraction of sp³-hybridized carbons (Fsp3) is 0.583. The maximum atomic E-state index is 13.0. The molecule has 1 aliphatic heterocycles. The predicted octanol–water partition coefficient (Wildman–Crippen LogP) is 5.04. The number of hydrogen-bond acceptors (Lipinski definition) is 7. The first-order chi connectivity index (χ1) is 14.8. The van der Waals surface area contributed by atoms with Crippen molar-refractivity contribution in [3.63, 3.8) is 0 Å². The maximum absolute atomic E-state index is 13.0. The van der Waals surface area contributed by atoms with E-state index < -0.39 is 19.7 Å². The predicted molar refractivity (Wildman–Crippen MR) is 127 cm³/mol. The van der Waals surface area contributed by atoms with Crippen LogP contribution >= 0.6 is 11.8 Å². The standard InChI is InChI=1S/C24H34O6SSi/c1-23(2,3)32(7,8)30-19-13-18(31-16-11-9-15(27-5)10-12-16)20(21(25)28-6)17-14-29-22(26)24(17,19)4/h9-13,17-18,20H,14H2,1-8H3/t17-,18+,20-,24-/m0/s1. The molecule has 0 N–H and O–H groups in total. The molecule has 3 rings (SSSR count). The van der Waals surface area contributed by atoms with Crippen molar-refractivity contribution in [2.75, 3.05) is 20.8 Å². The van der Waals surface area contributed by atoms with E-state index in [1.807, 2.05) is 37.3 Å². The van der Waals surface area contributed by atoms with Crippen LogP contribution in [0.15, 0.2) is 41.0 Å². The lowest BCUT2D eigenvalue weighted by molar-refractivity contribution is -0.149. The van der Waals surface area contributed by atoms with Crippen LogP contribution in [0, 0.1) is 17.3 Å². The molecule has 0 radical (unpaired) electrons. The van der Waals surface area contributed by atoms with Gasteiger partial charge in [0.15, 0.2) is 0 Å². The molecule has 1 saturated heterocycles. The Kier molecular flexibility index (Phi) is 6.78. The highest BCUT2D eigenvalue weighted by Gasteiger charge is 2.62. The summed E-state index contributed by atoms with van der Waals surface area (Å²) in [5, 5.41) is -0.303. The van der Waals surface area contributed by atoms with Gasteiger partial charge in [0.05, 0.1) is 32.5 Å². The highest BCUT2D eigenvalue weighted by molar-refractivity contribution is 8.00. The van der Waals surface area contributed by atoms with Gasteiger partial charge in [0, 0.05) is 16.1 Å². The number of carbonyl (C=O) groups is 2. The zero-order valence-electron chi connectivity index (χ0n) is 20.2. The third-order valence-corrected chi connectivity index (χ3v) is 12.7. The Balaban J connectivity index is 2.07. The number of methoxy groups -OCH3 is 2. The van der Waals surface area contributed by atoms with Crippen LogP contribution in [-0.2, 0) is 23.5 Å². The van der Waals surface area contributed by atoms with Gasteiger partial charge < -0.3 is 18.6 Å². The summed E-state index contributed by atoms with van der Waals surface area (Å²) in [5.74, 6) is -0.175. The zero-order valence-corrected chi connectivity index (χ0v) is 22.0. The van der Waals surface area contributed by atoms with E-state index in [4.69, 9.17) is 18.6 Å². The van der Waals surface area contributed by atoms with Gasteiger partial charge in [0.25, 0.3) is 0 Å². The van der Waals surface area contributed by atoms with E-state index in [9.17, 15) is 9.59 Å². The maximum Gasteiger partial charge on any atom is 0.319 e. The molecule has 0 aromatic heterocycles. The molecule has 0 saturated carbocycles. The Bertz CT molecular complexity index is 904. The number of ether oxygens (including phenoxy) is 3. The molecule has 0 unspecified atom stereocenters. The van der Waals surface area contributed by atoms with Crippen molar-refractivity contribution in [3.8, 4) is 5.75 Å². The molecule has 4 atom stereocenters. The second kappa shape index (κ2) is 8.78. The molecule has 1 aliphatic carbocycles. The molecule has 1 heterocycles. The molecule has 2 aliphatic rings. The van der Waals surface area contributed by atoms with E-state index in [0.29, 0.717) is 5.76 Å². The quantitative estimate of drug-likeness (QED) is 0.419. The van der Waals surface area contributed by atoms with Gasteiger partial charge in [-0.25, -0.2) is 0 Å². The first kappa shape index (κ1) is 24.7. The van der Waals surface area contributed by atoms with Crippen LogP contribution in [0.4, 0.5) is 0 Å². The minimum Gasteiger partial charge on any atom is -0.546 e. The topological polar surface area (TPSA) is 71.1 Å². The average Bonchev–Trinajstić information content (AvgIpc) is 3.03. The Morgan fingerprint density at radius 3 is 2.34 bits per heavy atom. The van der Waals surface area contributed by atoms with Gasteiger partial charge >= 0.3 is 11.9 Å². The minimum atomic E-state index is -2.24. The largest absolute Gasteiger partial charge is 0.546 e. The van der Waals surface area contributed by atoms with Crippen molar-refractivity contribution in [2.24, 2.45) is 17.3 Å². The number of cyclic esters (lactones) is 1. The second-order valence-corrected chi connectivity index (χ2v) is 16.1. The lowest BCUT2D eigenvalue weighted by Gasteiger charge is -2.45. The van der Waals surface area contributed by atoms with Crippen molar-refractivity contribution in [3.05, 3.63) is 36.1 Å². The normalized spacial score (nSPS) is 27.8. The van der Waals surface area contributed by atoms with Crippen LogP contribution in [0.2, 0.25) is 18.1 Å². The van der Waals surface area contributed by atoms with E-state index in [1.54, 1.807) is 18.9 Å². The molecule has 6 nitrogen and oxygen atoms in total. The lowest BCUT2D eigenvalue weighted by atomic mass is 9.66. The third kappa shape index (κ3) is 4.31. The number of rotatable bonds is 6. The number of esters is 2. The Hall–Kier alpha value is -1.93. The molecule has 0 bridgehead atoms. The van der Waals surface area contributed by atoms with Crippen LogP contribution in [-0.4, -0.2) is 46.3 Å². The first-order valence-electron chi connectivity index (χ1n) is 10.8. The van der Waals surface area contributed by atoms with Crippen LogP contribution in [0.5, 0.6) is 5.75 Å². The lowest BCUT2D eigenvalue weighted by Crippen LogP contribution is -2.51. The van der Waals surface area contributed by atoms with Crippen molar-refractivity contribution in [1.29, 1.82) is 0 Å². The van der Waals surface area contributed by atoms with Crippen LogP contribution in [0.1, 0.15) is 27.7 Å². The fourth-order valence-electron chi connectivity index (χ4n) is 3.96. The second-order valence-electron chi connectivity index (χ2n) is 10.1. The SMILES string of the molecule is COC(=O)[C@@H]1[C@H](Sc2ccc(OC)cc2)C=C(O[Si](C)(C)C(C)(C)C)[C@@]2(C)C(=O)OC[C@@H]12. The van der Waals surface area contributed by atoms with Gasteiger partial charge in [-0.3, -0.25) is 9.59 Å². The minimum absolute atomic E-state index is 0.0416. The Morgan fingerprint density at radius 1 is 1.19 bits per heavy atom. The highest BCUT2D eigenvalue weighted by atomic mass is 32.2. The number of benzene rings is 1. The molecule has 176 valence electrons. The van der Waals surface area contributed by atoms with Gasteiger partial charge in [-0.2, -0.15) is 0 Å². The Morgan fingerprint density at radius 2 is 1.81 bits per heavy atom. The fourth-order valence-corrected chi connectivity index (χ4v) is 6.34. The van der Waals surface area contributed by atoms with Crippen molar-refractivity contribution >= 4 is 32.0 Å². The summed E-state index contributed by atoms with van der Waals surface area (Å²) < 4.78 is 22.6. The molecular weight excluding hydrogens is 444 g/mol. The molecule has 0 spiro atoms. The van der Waals surface area contributed by atoms with Crippen LogP contribution in [0.25, 0.3) is 0 Å². The summed E-state index contributed by atoms with van der Waals surface area (Å²) in [4.78, 5) is 26.9. The molecule has 1 aromatic carbocycles. The number of carbonyl (C=O) groups excluding carboxylic acids is 2. The molecule has 8 heteroatoms. The van der Waals surface area contributed by atoms with E-state index in [2.05, 4.69) is 33.9 Å². The molecule has 0 amide bonds. The van der Waals surface area contributed by atoms with Gasteiger partial charge in [-0.15, -0.1) is 11.8 Å². The smallest absolute Gasteiger partial charge is 0.319 e. The van der Waals surface area contributed by atoms with Crippen molar-refractivity contribution < 1.29 is 28.2 Å². The number of thioether (sulfide) groups is 1. The van der Waals surface area contributed by atoms with Gasteiger partial charge in [-0.05, 0) is 55.4 Å². The highest BCUT2D eigenvalue weighted by Crippen LogP contribution is 2.55. The van der Waals surface area contributed by atoms with E-state index >= 15 is 0 Å². The molecule has 32 heavy (non-hydrogen) atoms. The summed E-state index contributed by atoms with van der Waals surface area (Å²) in [5.41, 5.74) is -1.01. The summed E-state index contributed by atoms with van der Waals surface area (Å²) in [6.45, 7) is 12.8. The van der Waals surface area contributed by atoms with Crippen molar-refractivity contribution in [2.45, 2.75) is 56.0 Å². The molecule has 1 fully saturated rings. The summed E-state index contributed by atoms with van der Waals surface area (Å²) in [6.07, 6.45) is 1.96. The van der Waals surface area contributed by atoms with E-state index in [-0.39, 0.29) is 34.8 Å². The van der Waals surface area contributed by atoms with Gasteiger partial charge in [-0.1, -0.05) is 20.8 Å².